The third-order valence-corrected chi connectivity index (χ3v) is 5.05. The van der Waals surface area contributed by atoms with E-state index in [9.17, 15) is 9.59 Å². The minimum absolute atomic E-state index is 0.00682. The molecule has 1 saturated heterocycles. The van der Waals surface area contributed by atoms with E-state index in [1.165, 1.54) is 32.1 Å². The largest absolute Gasteiger partial charge is 0.419 e. The quantitative estimate of drug-likeness (QED) is 0.797. The van der Waals surface area contributed by atoms with Gasteiger partial charge in [-0.15, -0.1) is 10.2 Å². The van der Waals surface area contributed by atoms with Crippen LogP contribution in [0.3, 0.4) is 0 Å². The Morgan fingerprint density at radius 1 is 1.17 bits per heavy atom. The number of rotatable bonds is 6. The monoisotopic (exact) mass is 334 g/mol. The van der Waals surface area contributed by atoms with Gasteiger partial charge in [0.25, 0.3) is 5.89 Å². The summed E-state index contributed by atoms with van der Waals surface area (Å²) in [5.74, 6) is 0.797. The molecular weight excluding hydrogens is 308 g/mol. The van der Waals surface area contributed by atoms with Gasteiger partial charge in [0.15, 0.2) is 0 Å². The predicted molar refractivity (Wildman–Crippen MR) is 87.5 cm³/mol. The van der Waals surface area contributed by atoms with E-state index in [1.54, 1.807) is 11.8 Å². The molecule has 1 amide bonds. The molecule has 2 aliphatic rings. The molecule has 1 aromatic rings. The summed E-state index contributed by atoms with van der Waals surface area (Å²) in [6, 6.07) is -0.464. The molecule has 1 aromatic heterocycles. The highest BCUT2D eigenvalue weighted by molar-refractivity contribution is 5.98. The fourth-order valence-corrected chi connectivity index (χ4v) is 3.75. The van der Waals surface area contributed by atoms with E-state index < -0.39 is 6.04 Å². The van der Waals surface area contributed by atoms with E-state index in [-0.39, 0.29) is 17.6 Å². The Kier molecular flexibility index (Phi) is 5.60. The van der Waals surface area contributed by atoms with Crippen molar-refractivity contribution in [2.24, 2.45) is 5.92 Å². The zero-order chi connectivity index (χ0) is 16.9. The van der Waals surface area contributed by atoms with E-state index in [1.807, 2.05) is 0 Å². The van der Waals surface area contributed by atoms with Crippen LogP contribution in [0.25, 0.3) is 0 Å². The van der Waals surface area contributed by atoms with Gasteiger partial charge in [-0.25, -0.2) is 0 Å². The molecule has 2 heterocycles. The lowest BCUT2D eigenvalue weighted by Gasteiger charge is -2.25. The summed E-state index contributed by atoms with van der Waals surface area (Å²) in [6.45, 7) is 3.45. The van der Waals surface area contributed by atoms with Gasteiger partial charge in [-0.2, -0.15) is 0 Å². The first kappa shape index (κ1) is 17.1. The van der Waals surface area contributed by atoms with Gasteiger partial charge >= 0.3 is 0 Å². The molecule has 2 fully saturated rings. The third kappa shape index (κ3) is 4.01. The van der Waals surface area contributed by atoms with Crippen LogP contribution in [-0.4, -0.2) is 52.5 Å². The maximum absolute atomic E-state index is 12.5. The first-order valence-electron chi connectivity index (χ1n) is 8.99. The number of carbonyl (C=O) groups excluding carboxylic acids is 2. The molecule has 1 unspecified atom stereocenters. The van der Waals surface area contributed by atoms with Crippen molar-refractivity contribution >= 4 is 11.7 Å². The minimum atomic E-state index is -0.464. The van der Waals surface area contributed by atoms with Crippen molar-refractivity contribution in [3.05, 3.63) is 11.8 Å². The van der Waals surface area contributed by atoms with Crippen LogP contribution in [0.4, 0.5) is 0 Å². The molecule has 3 rings (SSSR count). The molecule has 7 nitrogen and oxygen atoms in total. The summed E-state index contributed by atoms with van der Waals surface area (Å²) < 4.78 is 5.22. The van der Waals surface area contributed by atoms with Gasteiger partial charge < -0.3 is 14.6 Å². The molecule has 1 aliphatic heterocycles. The van der Waals surface area contributed by atoms with Crippen LogP contribution in [0.2, 0.25) is 0 Å². The number of nitrogens with one attached hydrogen (secondary N) is 1. The van der Waals surface area contributed by atoms with E-state index in [4.69, 9.17) is 4.42 Å². The van der Waals surface area contributed by atoms with Crippen LogP contribution >= 0.6 is 0 Å². The molecular formula is C17H26N4O3. The molecule has 0 spiro atoms. The van der Waals surface area contributed by atoms with Gasteiger partial charge in [0.2, 0.25) is 17.6 Å². The second-order valence-corrected chi connectivity index (χ2v) is 6.87. The molecule has 7 heteroatoms. The number of carbonyl (C=O) groups is 2. The number of Topliss-reactive ketones (excluding diaryl/α,β-unsaturated/α-hetero) is 1. The van der Waals surface area contributed by atoms with Gasteiger partial charge in [-0.3, -0.25) is 9.59 Å². The number of likely N-dealkylation sites (tertiary alicyclic amines) is 1. The number of hydrogen-bond acceptors (Lipinski definition) is 6. The molecule has 1 saturated carbocycles. The summed E-state index contributed by atoms with van der Waals surface area (Å²) in [5.41, 5.74) is 0. The van der Waals surface area contributed by atoms with Gasteiger partial charge in [0.05, 0.1) is 6.54 Å². The lowest BCUT2D eigenvalue weighted by atomic mass is 9.89. The predicted octanol–water partition coefficient (Wildman–Crippen LogP) is 1.72. The van der Waals surface area contributed by atoms with Crippen molar-refractivity contribution in [1.82, 2.24) is 20.4 Å². The number of aryl methyl sites for hydroxylation is 1. The van der Waals surface area contributed by atoms with Crippen LogP contribution in [-0.2, 0) is 4.79 Å². The number of amides is 1. The van der Waals surface area contributed by atoms with Crippen LogP contribution in [0.5, 0.6) is 0 Å². The second-order valence-electron chi connectivity index (χ2n) is 6.87. The third-order valence-electron chi connectivity index (χ3n) is 5.05. The van der Waals surface area contributed by atoms with Crippen molar-refractivity contribution < 1.29 is 14.0 Å². The fraction of sp³-hybridized carbons (Fsp3) is 0.765. The summed E-state index contributed by atoms with van der Waals surface area (Å²) in [5, 5.41) is 10.8. The normalized spacial score (nSPS) is 22.0. The first-order valence-corrected chi connectivity index (χ1v) is 8.99. The average molecular weight is 334 g/mol. The van der Waals surface area contributed by atoms with Gasteiger partial charge in [-0.1, -0.05) is 19.3 Å². The molecule has 0 aromatic carbocycles. The summed E-state index contributed by atoms with van der Waals surface area (Å²) in [4.78, 5) is 26.6. The number of ketones is 1. The Balaban J connectivity index is 1.50. The fourth-order valence-electron chi connectivity index (χ4n) is 3.75. The highest BCUT2D eigenvalue weighted by atomic mass is 16.4. The minimum Gasteiger partial charge on any atom is -0.419 e. The molecule has 1 atom stereocenters. The van der Waals surface area contributed by atoms with Gasteiger partial charge in [0, 0.05) is 13.5 Å². The topological polar surface area (TPSA) is 88.3 Å². The van der Waals surface area contributed by atoms with Crippen molar-refractivity contribution in [3.63, 3.8) is 0 Å². The second kappa shape index (κ2) is 7.88. The van der Waals surface area contributed by atoms with Crippen molar-refractivity contribution in [2.45, 2.75) is 57.9 Å². The van der Waals surface area contributed by atoms with Crippen molar-refractivity contribution in [1.29, 1.82) is 0 Å². The molecule has 24 heavy (non-hydrogen) atoms. The maximum Gasteiger partial charge on any atom is 0.286 e. The Bertz CT molecular complexity index is 580. The molecule has 1 N–H and O–H groups in total. The highest BCUT2D eigenvalue weighted by Crippen LogP contribution is 2.23. The van der Waals surface area contributed by atoms with Crippen LogP contribution in [0.1, 0.15) is 61.5 Å². The van der Waals surface area contributed by atoms with Crippen LogP contribution < -0.4 is 5.32 Å². The van der Waals surface area contributed by atoms with Crippen LogP contribution in [0.15, 0.2) is 4.42 Å². The van der Waals surface area contributed by atoms with Gasteiger partial charge in [0.1, 0.15) is 6.04 Å². The van der Waals surface area contributed by atoms with Crippen molar-refractivity contribution in [2.75, 3.05) is 19.6 Å². The first-order chi connectivity index (χ1) is 11.6. The Labute approximate surface area is 142 Å². The lowest BCUT2D eigenvalue weighted by molar-refractivity contribution is -0.130. The van der Waals surface area contributed by atoms with E-state index in [0.29, 0.717) is 31.3 Å². The van der Waals surface area contributed by atoms with Crippen molar-refractivity contribution in [3.8, 4) is 0 Å². The number of nitrogens with zero attached hydrogens (tertiary/aromatic N) is 3. The number of hydrogen-bond donors (Lipinski definition) is 1. The molecule has 0 bridgehead atoms. The SMILES string of the molecule is Cc1nnc(C(=O)C2CCCN2C(=O)CNCC2CCCCC2)o1. The molecule has 1 aliphatic carbocycles. The maximum atomic E-state index is 12.5. The van der Waals surface area contributed by atoms with E-state index in [0.717, 1.165) is 13.0 Å². The lowest BCUT2D eigenvalue weighted by Crippen LogP contribution is -2.45. The summed E-state index contributed by atoms with van der Waals surface area (Å²) in [7, 11) is 0. The summed E-state index contributed by atoms with van der Waals surface area (Å²) >= 11 is 0. The van der Waals surface area contributed by atoms with E-state index in [2.05, 4.69) is 15.5 Å². The Hall–Kier alpha value is -1.76. The Morgan fingerprint density at radius 3 is 2.67 bits per heavy atom. The zero-order valence-corrected chi connectivity index (χ0v) is 14.3. The Morgan fingerprint density at radius 2 is 1.96 bits per heavy atom. The zero-order valence-electron chi connectivity index (χ0n) is 14.3. The number of aromatic nitrogens is 2. The standard InChI is InChI=1S/C17H26N4O3/c1-12-19-20-17(24-12)16(23)14-8-5-9-21(14)15(22)11-18-10-13-6-3-2-4-7-13/h13-14,18H,2-11H2,1H3. The van der Waals surface area contributed by atoms with E-state index >= 15 is 0 Å². The summed E-state index contributed by atoms with van der Waals surface area (Å²) in [6.07, 6.45) is 7.93. The highest BCUT2D eigenvalue weighted by Gasteiger charge is 2.36. The molecule has 132 valence electrons. The smallest absolute Gasteiger partial charge is 0.286 e. The van der Waals surface area contributed by atoms with Crippen LogP contribution in [0, 0.1) is 12.8 Å². The van der Waals surface area contributed by atoms with Gasteiger partial charge in [-0.05, 0) is 38.1 Å². The molecule has 0 radical (unpaired) electrons. The average Bonchev–Trinajstić information content (AvgIpc) is 3.24.